The van der Waals surface area contributed by atoms with Crippen molar-refractivity contribution in [2.75, 3.05) is 5.32 Å². The van der Waals surface area contributed by atoms with E-state index >= 15 is 0 Å². The zero-order chi connectivity index (χ0) is 20.3. The lowest BCUT2D eigenvalue weighted by atomic mass is 10.1. The number of anilines is 1. The largest absolute Gasteiger partial charge is 0.459 e. The van der Waals surface area contributed by atoms with Crippen LogP contribution in [-0.2, 0) is 11.3 Å². The van der Waals surface area contributed by atoms with Gasteiger partial charge in [0.15, 0.2) is 0 Å². The van der Waals surface area contributed by atoms with Crippen LogP contribution in [0.2, 0.25) is 0 Å². The number of aromatic nitrogens is 4. The Morgan fingerprint density at radius 3 is 2.75 bits per heavy atom. The second kappa shape index (κ2) is 8.08. The van der Waals surface area contributed by atoms with Crippen molar-refractivity contribution in [2.24, 2.45) is 0 Å². The molecular formula is C20H23N5O3. The van der Waals surface area contributed by atoms with Gasteiger partial charge in [-0.05, 0) is 51.0 Å². The van der Waals surface area contributed by atoms with Gasteiger partial charge in [0.1, 0.15) is 18.3 Å². The van der Waals surface area contributed by atoms with E-state index in [9.17, 15) is 9.59 Å². The quantitative estimate of drug-likeness (QED) is 0.639. The molecule has 3 rings (SSSR count). The number of aromatic amines is 1. The molecule has 146 valence electrons. The van der Waals surface area contributed by atoms with Crippen molar-refractivity contribution in [3.63, 3.8) is 0 Å². The maximum absolute atomic E-state index is 12.8. The molecule has 2 heterocycles. The molecule has 2 N–H and O–H groups in total. The van der Waals surface area contributed by atoms with E-state index in [0.717, 1.165) is 5.56 Å². The molecule has 0 radical (unpaired) electrons. The number of amides is 1. The molecular weight excluding hydrogens is 358 g/mol. The Kier molecular flexibility index (Phi) is 5.58. The predicted octanol–water partition coefficient (Wildman–Crippen LogP) is 3.09. The number of H-pyrrole nitrogens is 1. The first-order chi connectivity index (χ1) is 13.3. The first-order valence-electron chi connectivity index (χ1n) is 8.98. The van der Waals surface area contributed by atoms with Gasteiger partial charge >= 0.3 is 5.97 Å². The van der Waals surface area contributed by atoms with E-state index in [4.69, 9.17) is 4.74 Å². The summed E-state index contributed by atoms with van der Waals surface area (Å²) in [6, 6.07) is 7.49. The van der Waals surface area contributed by atoms with Crippen LogP contribution in [-0.4, -0.2) is 37.7 Å². The van der Waals surface area contributed by atoms with Gasteiger partial charge in [0, 0.05) is 11.4 Å². The van der Waals surface area contributed by atoms with Gasteiger partial charge in [0.2, 0.25) is 0 Å². The zero-order valence-corrected chi connectivity index (χ0v) is 16.3. The Morgan fingerprint density at radius 2 is 2.07 bits per heavy atom. The Hall–Kier alpha value is -3.42. The third-order valence-corrected chi connectivity index (χ3v) is 4.21. The standard InChI is InChI=1S/C20H23N5O3/c1-12(2)28-20(27)17-13(3)18(23-14(17)4)19(26)24-16-7-5-6-15(8-16)9-25-11-21-10-22-25/h5-8,10-12,23H,9H2,1-4H3,(H,24,26). The molecule has 0 aliphatic carbocycles. The summed E-state index contributed by atoms with van der Waals surface area (Å²) < 4.78 is 6.97. The number of hydrogen-bond acceptors (Lipinski definition) is 5. The smallest absolute Gasteiger partial charge is 0.340 e. The normalized spacial score (nSPS) is 10.9. The van der Waals surface area contributed by atoms with Crippen molar-refractivity contribution >= 4 is 17.6 Å². The Morgan fingerprint density at radius 1 is 1.29 bits per heavy atom. The molecule has 0 saturated heterocycles. The molecule has 0 unspecified atom stereocenters. The lowest BCUT2D eigenvalue weighted by Gasteiger charge is -2.09. The average molecular weight is 381 g/mol. The highest BCUT2D eigenvalue weighted by Gasteiger charge is 2.23. The first kappa shape index (κ1) is 19.3. The molecule has 0 atom stereocenters. The number of nitrogens with zero attached hydrogens (tertiary/aromatic N) is 3. The summed E-state index contributed by atoms with van der Waals surface area (Å²) in [6.07, 6.45) is 2.88. The van der Waals surface area contributed by atoms with Crippen molar-refractivity contribution in [2.45, 2.75) is 40.3 Å². The number of hydrogen-bond donors (Lipinski definition) is 2. The molecule has 0 aliphatic heterocycles. The molecule has 2 aromatic heterocycles. The minimum Gasteiger partial charge on any atom is -0.459 e. The number of esters is 1. The summed E-state index contributed by atoms with van der Waals surface area (Å²) in [6.45, 7) is 7.61. The Balaban J connectivity index is 1.77. The van der Waals surface area contributed by atoms with Crippen LogP contribution in [0.3, 0.4) is 0 Å². The molecule has 3 aromatic rings. The van der Waals surface area contributed by atoms with Crippen molar-refractivity contribution in [1.29, 1.82) is 0 Å². The highest BCUT2D eigenvalue weighted by molar-refractivity contribution is 6.06. The Labute approximate surface area is 162 Å². The molecule has 8 nitrogen and oxygen atoms in total. The molecule has 0 spiro atoms. The monoisotopic (exact) mass is 381 g/mol. The number of rotatable bonds is 6. The number of aryl methyl sites for hydroxylation is 1. The number of carbonyl (C=O) groups excluding carboxylic acids is 2. The number of ether oxygens (including phenoxy) is 1. The highest BCUT2D eigenvalue weighted by atomic mass is 16.5. The summed E-state index contributed by atoms with van der Waals surface area (Å²) in [4.78, 5) is 32.0. The lowest BCUT2D eigenvalue weighted by Crippen LogP contribution is -2.15. The number of nitrogens with one attached hydrogen (secondary N) is 2. The summed E-state index contributed by atoms with van der Waals surface area (Å²) in [7, 11) is 0. The molecule has 0 bridgehead atoms. The molecule has 1 aromatic carbocycles. The number of carbonyl (C=O) groups is 2. The van der Waals surface area contributed by atoms with Gasteiger partial charge in [-0.3, -0.25) is 4.79 Å². The number of benzene rings is 1. The molecule has 0 saturated carbocycles. The highest BCUT2D eigenvalue weighted by Crippen LogP contribution is 2.21. The van der Waals surface area contributed by atoms with Gasteiger partial charge in [-0.2, -0.15) is 5.10 Å². The van der Waals surface area contributed by atoms with E-state index in [1.165, 1.54) is 6.33 Å². The van der Waals surface area contributed by atoms with Crippen LogP contribution in [0.25, 0.3) is 0 Å². The fourth-order valence-electron chi connectivity index (χ4n) is 3.00. The molecule has 1 amide bonds. The lowest BCUT2D eigenvalue weighted by molar-refractivity contribution is 0.0376. The van der Waals surface area contributed by atoms with E-state index in [2.05, 4.69) is 20.4 Å². The van der Waals surface area contributed by atoms with Gasteiger partial charge in [-0.15, -0.1) is 0 Å². The van der Waals surface area contributed by atoms with Gasteiger partial charge in [-0.1, -0.05) is 12.1 Å². The third-order valence-electron chi connectivity index (χ3n) is 4.21. The van der Waals surface area contributed by atoms with Crippen LogP contribution >= 0.6 is 0 Å². The Bertz CT molecular complexity index is 989. The SMILES string of the molecule is Cc1[nH]c(C(=O)Nc2cccc(Cn3cncn3)c2)c(C)c1C(=O)OC(C)C. The molecule has 0 aliphatic rings. The van der Waals surface area contributed by atoms with Crippen molar-refractivity contribution in [1.82, 2.24) is 19.7 Å². The van der Waals surface area contributed by atoms with E-state index in [1.807, 2.05) is 24.3 Å². The minimum absolute atomic E-state index is 0.230. The van der Waals surface area contributed by atoms with Crippen LogP contribution in [0.15, 0.2) is 36.9 Å². The molecule has 28 heavy (non-hydrogen) atoms. The topological polar surface area (TPSA) is 102 Å². The fourth-order valence-corrected chi connectivity index (χ4v) is 3.00. The molecule has 8 heteroatoms. The van der Waals surface area contributed by atoms with Gasteiger partial charge < -0.3 is 15.0 Å². The summed E-state index contributed by atoms with van der Waals surface area (Å²) in [5.74, 6) is -0.753. The van der Waals surface area contributed by atoms with Crippen LogP contribution in [0.4, 0.5) is 5.69 Å². The third kappa shape index (κ3) is 4.28. The van der Waals surface area contributed by atoms with Gasteiger partial charge in [0.25, 0.3) is 5.91 Å². The van der Waals surface area contributed by atoms with Gasteiger partial charge in [0.05, 0.1) is 18.2 Å². The van der Waals surface area contributed by atoms with E-state index in [-0.39, 0.29) is 12.0 Å². The second-order valence-corrected chi connectivity index (χ2v) is 6.83. The second-order valence-electron chi connectivity index (χ2n) is 6.83. The van der Waals surface area contributed by atoms with Crippen molar-refractivity contribution in [3.8, 4) is 0 Å². The van der Waals surface area contributed by atoms with Crippen LogP contribution in [0.1, 0.15) is 51.5 Å². The van der Waals surface area contributed by atoms with Gasteiger partial charge in [-0.25, -0.2) is 14.5 Å². The van der Waals surface area contributed by atoms with E-state index in [1.54, 1.807) is 38.7 Å². The summed E-state index contributed by atoms with van der Waals surface area (Å²) >= 11 is 0. The first-order valence-corrected chi connectivity index (χ1v) is 8.98. The summed E-state index contributed by atoms with van der Waals surface area (Å²) in [5.41, 5.74) is 3.55. The fraction of sp³-hybridized carbons (Fsp3) is 0.300. The zero-order valence-electron chi connectivity index (χ0n) is 16.3. The summed E-state index contributed by atoms with van der Waals surface area (Å²) in [5, 5.41) is 6.95. The van der Waals surface area contributed by atoms with E-state index < -0.39 is 5.97 Å². The van der Waals surface area contributed by atoms with Crippen LogP contribution in [0, 0.1) is 13.8 Å². The maximum Gasteiger partial charge on any atom is 0.340 e. The minimum atomic E-state index is -0.435. The maximum atomic E-state index is 12.8. The van der Waals surface area contributed by atoms with Crippen molar-refractivity contribution < 1.29 is 14.3 Å². The van der Waals surface area contributed by atoms with Crippen LogP contribution < -0.4 is 5.32 Å². The van der Waals surface area contributed by atoms with Crippen LogP contribution in [0.5, 0.6) is 0 Å². The average Bonchev–Trinajstić information content (AvgIpc) is 3.22. The molecule has 0 fully saturated rings. The van der Waals surface area contributed by atoms with Crippen molar-refractivity contribution in [3.05, 3.63) is 65.0 Å². The van der Waals surface area contributed by atoms with E-state index in [0.29, 0.717) is 34.7 Å². The predicted molar refractivity (Wildman–Crippen MR) is 104 cm³/mol.